The summed E-state index contributed by atoms with van der Waals surface area (Å²) < 4.78 is 1.73. The van der Waals surface area contributed by atoms with Gasteiger partial charge in [-0.15, -0.1) is 0 Å². The van der Waals surface area contributed by atoms with Crippen LogP contribution in [0.15, 0.2) is 12.3 Å². The second kappa shape index (κ2) is 5.91. The van der Waals surface area contributed by atoms with Crippen LogP contribution in [0.3, 0.4) is 0 Å². The van der Waals surface area contributed by atoms with Crippen molar-refractivity contribution in [3.05, 3.63) is 23.5 Å². The molecule has 1 heterocycles. The molecule has 0 unspecified atom stereocenters. The molecule has 0 saturated heterocycles. The summed E-state index contributed by atoms with van der Waals surface area (Å²) >= 11 is 0. The Labute approximate surface area is 112 Å². The number of hydrogen-bond donors (Lipinski definition) is 2. The van der Waals surface area contributed by atoms with E-state index in [4.69, 9.17) is 5.11 Å². The Bertz CT molecular complexity index is 473. The van der Waals surface area contributed by atoms with Crippen LogP contribution in [0.4, 0.5) is 0 Å². The molecule has 1 saturated carbocycles. The average Bonchev–Trinajstić information content (AvgIpc) is 2.97. The van der Waals surface area contributed by atoms with E-state index in [1.165, 1.54) is 12.8 Å². The zero-order valence-electron chi connectivity index (χ0n) is 11.2. The number of nitrogens with zero attached hydrogens (tertiary/aromatic N) is 1. The molecule has 1 aliphatic rings. The van der Waals surface area contributed by atoms with Crippen molar-refractivity contribution in [2.75, 3.05) is 0 Å². The van der Waals surface area contributed by atoms with Gasteiger partial charge < -0.3 is 15.0 Å². The fraction of sp³-hybridized carbons (Fsp3) is 0.571. The topological polar surface area (TPSA) is 71.3 Å². The van der Waals surface area contributed by atoms with E-state index in [-0.39, 0.29) is 18.0 Å². The average molecular weight is 264 g/mol. The molecule has 1 aromatic heterocycles. The van der Waals surface area contributed by atoms with Crippen LogP contribution >= 0.6 is 0 Å². The van der Waals surface area contributed by atoms with Crippen LogP contribution in [-0.4, -0.2) is 27.6 Å². The third kappa shape index (κ3) is 3.16. The van der Waals surface area contributed by atoms with E-state index in [1.54, 1.807) is 16.8 Å². The number of carbonyl (C=O) groups is 2. The summed E-state index contributed by atoms with van der Waals surface area (Å²) in [6.45, 7) is 2.10. The smallest absolute Gasteiger partial charge is 0.337 e. The molecule has 0 spiro atoms. The predicted molar refractivity (Wildman–Crippen MR) is 71.2 cm³/mol. The molecule has 0 bridgehead atoms. The lowest BCUT2D eigenvalue weighted by Gasteiger charge is -2.13. The summed E-state index contributed by atoms with van der Waals surface area (Å²) in [5, 5.41) is 12.1. The second-order valence-corrected chi connectivity index (χ2v) is 5.01. The Morgan fingerprint density at radius 3 is 2.68 bits per heavy atom. The largest absolute Gasteiger partial charge is 0.478 e. The first kappa shape index (κ1) is 13.6. The number of carboxylic acid groups (broad SMARTS) is 1. The molecular formula is C14H20N2O3. The molecule has 1 aromatic rings. The van der Waals surface area contributed by atoms with Crippen molar-refractivity contribution in [1.82, 2.24) is 9.88 Å². The number of nitrogens with one attached hydrogen (secondary N) is 1. The number of hydrogen-bond acceptors (Lipinski definition) is 2. The highest BCUT2D eigenvalue weighted by molar-refractivity contribution is 5.89. The molecule has 0 radical (unpaired) electrons. The highest BCUT2D eigenvalue weighted by Crippen LogP contribution is 2.18. The Hall–Kier alpha value is -1.78. The van der Waals surface area contributed by atoms with E-state index in [2.05, 4.69) is 5.32 Å². The summed E-state index contributed by atoms with van der Waals surface area (Å²) in [5.74, 6) is -0.971. The molecule has 2 N–H and O–H groups in total. The molecule has 5 heteroatoms. The van der Waals surface area contributed by atoms with Crippen LogP contribution < -0.4 is 5.32 Å². The van der Waals surface area contributed by atoms with Gasteiger partial charge in [-0.1, -0.05) is 19.8 Å². The van der Waals surface area contributed by atoms with Gasteiger partial charge >= 0.3 is 5.97 Å². The fourth-order valence-corrected chi connectivity index (χ4v) is 2.74. The zero-order valence-corrected chi connectivity index (χ0v) is 11.2. The van der Waals surface area contributed by atoms with Crippen molar-refractivity contribution in [1.29, 1.82) is 0 Å². The van der Waals surface area contributed by atoms with Crippen LogP contribution in [0.2, 0.25) is 0 Å². The van der Waals surface area contributed by atoms with Crippen molar-refractivity contribution in [2.24, 2.45) is 0 Å². The van der Waals surface area contributed by atoms with Gasteiger partial charge in [-0.3, -0.25) is 4.79 Å². The SMILES string of the molecule is CCc1c(C(=O)O)ccn1CC(=O)NC1CCCC1. The normalized spacial score (nSPS) is 15.6. The van der Waals surface area contributed by atoms with Crippen molar-refractivity contribution >= 4 is 11.9 Å². The Morgan fingerprint density at radius 2 is 2.11 bits per heavy atom. The van der Waals surface area contributed by atoms with E-state index in [9.17, 15) is 9.59 Å². The van der Waals surface area contributed by atoms with Gasteiger partial charge in [0.1, 0.15) is 6.54 Å². The number of aromatic carboxylic acids is 1. The van der Waals surface area contributed by atoms with Crippen LogP contribution in [0.1, 0.15) is 48.7 Å². The van der Waals surface area contributed by atoms with Gasteiger partial charge in [-0.2, -0.15) is 0 Å². The molecule has 19 heavy (non-hydrogen) atoms. The minimum atomic E-state index is -0.938. The molecule has 1 aliphatic carbocycles. The summed E-state index contributed by atoms with van der Waals surface area (Å²) in [4.78, 5) is 23.0. The van der Waals surface area contributed by atoms with Crippen molar-refractivity contribution in [2.45, 2.75) is 51.6 Å². The summed E-state index contributed by atoms with van der Waals surface area (Å²) in [7, 11) is 0. The van der Waals surface area contributed by atoms with Crippen LogP contribution in [0.5, 0.6) is 0 Å². The Balaban J connectivity index is 2.01. The molecule has 0 aliphatic heterocycles. The minimum Gasteiger partial charge on any atom is -0.478 e. The second-order valence-electron chi connectivity index (χ2n) is 5.01. The number of aromatic nitrogens is 1. The van der Waals surface area contributed by atoms with Crippen LogP contribution in [0, 0.1) is 0 Å². The molecule has 1 fully saturated rings. The Kier molecular flexibility index (Phi) is 4.24. The first-order valence-corrected chi connectivity index (χ1v) is 6.82. The van der Waals surface area contributed by atoms with Gasteiger partial charge in [0.25, 0.3) is 0 Å². The Morgan fingerprint density at radius 1 is 1.42 bits per heavy atom. The van der Waals surface area contributed by atoms with Crippen LogP contribution in [-0.2, 0) is 17.8 Å². The highest BCUT2D eigenvalue weighted by atomic mass is 16.4. The maximum atomic E-state index is 11.9. The monoisotopic (exact) mass is 264 g/mol. The first-order chi connectivity index (χ1) is 9.11. The molecular weight excluding hydrogens is 244 g/mol. The van der Waals surface area contributed by atoms with Gasteiger partial charge in [-0.25, -0.2) is 4.79 Å². The van der Waals surface area contributed by atoms with Gasteiger partial charge in [0, 0.05) is 17.9 Å². The van der Waals surface area contributed by atoms with E-state index in [0.717, 1.165) is 12.8 Å². The standard InChI is InChI=1S/C14H20N2O3/c1-2-12-11(14(18)19)7-8-16(12)9-13(17)15-10-5-3-4-6-10/h7-8,10H,2-6,9H2,1H3,(H,15,17)(H,18,19). The van der Waals surface area contributed by atoms with Crippen molar-refractivity contribution < 1.29 is 14.7 Å². The van der Waals surface area contributed by atoms with Crippen molar-refractivity contribution in [3.8, 4) is 0 Å². The van der Waals surface area contributed by atoms with Gasteiger partial charge in [0.2, 0.25) is 5.91 Å². The van der Waals surface area contributed by atoms with E-state index < -0.39 is 5.97 Å². The van der Waals surface area contributed by atoms with Gasteiger partial charge in [0.05, 0.1) is 5.56 Å². The summed E-state index contributed by atoms with van der Waals surface area (Å²) in [6, 6.07) is 1.86. The number of rotatable bonds is 5. The molecule has 104 valence electrons. The predicted octanol–water partition coefficient (Wildman–Crippen LogP) is 1.81. The maximum Gasteiger partial charge on any atom is 0.337 e. The third-order valence-electron chi connectivity index (χ3n) is 3.68. The molecule has 0 atom stereocenters. The van der Waals surface area contributed by atoms with Crippen LogP contribution in [0.25, 0.3) is 0 Å². The molecule has 2 rings (SSSR count). The minimum absolute atomic E-state index is 0.0332. The number of carbonyl (C=O) groups excluding carboxylic acids is 1. The summed E-state index contributed by atoms with van der Waals surface area (Å²) in [5.41, 5.74) is 0.991. The lowest BCUT2D eigenvalue weighted by Crippen LogP contribution is -2.35. The zero-order chi connectivity index (χ0) is 13.8. The lowest BCUT2D eigenvalue weighted by molar-refractivity contribution is -0.122. The highest BCUT2D eigenvalue weighted by Gasteiger charge is 2.19. The van der Waals surface area contributed by atoms with E-state index in [1.807, 2.05) is 6.92 Å². The quantitative estimate of drug-likeness (QED) is 0.852. The van der Waals surface area contributed by atoms with Gasteiger partial charge in [0.15, 0.2) is 0 Å². The third-order valence-corrected chi connectivity index (χ3v) is 3.68. The van der Waals surface area contributed by atoms with Gasteiger partial charge in [-0.05, 0) is 25.3 Å². The van der Waals surface area contributed by atoms with E-state index in [0.29, 0.717) is 18.2 Å². The lowest BCUT2D eigenvalue weighted by atomic mass is 10.2. The maximum absolute atomic E-state index is 11.9. The first-order valence-electron chi connectivity index (χ1n) is 6.82. The molecule has 5 nitrogen and oxygen atoms in total. The number of amides is 1. The van der Waals surface area contributed by atoms with Crippen molar-refractivity contribution in [3.63, 3.8) is 0 Å². The molecule has 0 aromatic carbocycles. The number of carboxylic acids is 1. The fourth-order valence-electron chi connectivity index (χ4n) is 2.74. The summed E-state index contributed by atoms with van der Waals surface area (Å²) in [6.07, 6.45) is 6.74. The molecule has 1 amide bonds. The van der Waals surface area contributed by atoms with E-state index >= 15 is 0 Å².